The lowest BCUT2D eigenvalue weighted by Gasteiger charge is -2.17. The number of hydrogen-bond acceptors (Lipinski definition) is 4. The lowest BCUT2D eigenvalue weighted by molar-refractivity contribution is 0.0988. The Morgan fingerprint density at radius 3 is 2.60 bits per heavy atom. The van der Waals surface area contributed by atoms with Crippen molar-refractivity contribution in [3.63, 3.8) is 0 Å². The second-order valence-corrected chi connectivity index (χ2v) is 7.93. The molecule has 4 heteroatoms. The molecule has 0 radical (unpaired) electrons. The lowest BCUT2D eigenvalue weighted by Crippen LogP contribution is -2.09. The van der Waals surface area contributed by atoms with Crippen LogP contribution in [0, 0.1) is 6.92 Å². The summed E-state index contributed by atoms with van der Waals surface area (Å²) in [6.45, 7) is 6.77. The van der Waals surface area contributed by atoms with Gasteiger partial charge in [-0.1, -0.05) is 55.4 Å². The molecule has 0 N–H and O–H groups in total. The van der Waals surface area contributed by atoms with E-state index in [9.17, 15) is 4.79 Å². The van der Waals surface area contributed by atoms with E-state index in [1.807, 2.05) is 60.7 Å². The van der Waals surface area contributed by atoms with Gasteiger partial charge in [0.05, 0.1) is 11.8 Å². The summed E-state index contributed by atoms with van der Waals surface area (Å²) in [5, 5.41) is 4.70. The van der Waals surface area contributed by atoms with E-state index in [1.165, 1.54) is 5.56 Å². The number of fused-ring (bicyclic) bond motifs is 1. The first-order valence-corrected chi connectivity index (χ1v) is 10.2. The van der Waals surface area contributed by atoms with Crippen molar-refractivity contribution >= 4 is 16.8 Å². The molecule has 0 saturated carbocycles. The molecule has 0 aliphatic heterocycles. The van der Waals surface area contributed by atoms with Crippen LogP contribution in [0.2, 0.25) is 0 Å². The highest BCUT2D eigenvalue weighted by atomic mass is 16.5. The van der Waals surface area contributed by atoms with Crippen LogP contribution in [0.3, 0.4) is 0 Å². The zero-order valence-electron chi connectivity index (χ0n) is 17.5. The molecule has 0 fully saturated rings. The normalized spacial score (nSPS) is 11.2. The van der Waals surface area contributed by atoms with Gasteiger partial charge in [0.2, 0.25) is 0 Å². The molecule has 1 aromatic heterocycles. The Morgan fingerprint density at radius 2 is 1.83 bits per heavy atom. The van der Waals surface area contributed by atoms with Crippen LogP contribution in [0.4, 0.5) is 0 Å². The van der Waals surface area contributed by atoms with E-state index in [-0.39, 0.29) is 5.78 Å². The van der Waals surface area contributed by atoms with Crippen LogP contribution in [0.5, 0.6) is 5.75 Å². The van der Waals surface area contributed by atoms with Crippen molar-refractivity contribution in [2.24, 2.45) is 0 Å². The van der Waals surface area contributed by atoms with E-state index < -0.39 is 0 Å². The van der Waals surface area contributed by atoms with Crippen LogP contribution < -0.4 is 4.74 Å². The molecule has 0 unspecified atom stereocenters. The molecule has 4 aromatic rings. The van der Waals surface area contributed by atoms with E-state index in [1.54, 1.807) is 6.20 Å². The fourth-order valence-electron chi connectivity index (χ4n) is 3.71. The summed E-state index contributed by atoms with van der Waals surface area (Å²) in [5.74, 6) is 1.00. The first-order valence-electron chi connectivity index (χ1n) is 10.2. The quantitative estimate of drug-likeness (QED) is 0.344. The minimum atomic E-state index is 0.0377. The SMILES string of the molecule is Cc1cc(OCc2ccccc2)c(C(=O)Cc2ccc3oncc3c2)cc1C(C)C. The minimum absolute atomic E-state index is 0.0377. The Bertz CT molecular complexity index is 1180. The van der Waals surface area contributed by atoms with Gasteiger partial charge in [-0.15, -0.1) is 0 Å². The first kappa shape index (κ1) is 19.9. The number of ketones is 1. The zero-order chi connectivity index (χ0) is 21.1. The molecule has 1 heterocycles. The highest BCUT2D eigenvalue weighted by Gasteiger charge is 2.18. The van der Waals surface area contributed by atoms with Gasteiger partial charge in [-0.25, -0.2) is 0 Å². The summed E-state index contributed by atoms with van der Waals surface area (Å²) >= 11 is 0. The number of aromatic nitrogens is 1. The van der Waals surface area contributed by atoms with E-state index >= 15 is 0 Å². The van der Waals surface area contributed by atoms with Gasteiger partial charge in [0.1, 0.15) is 12.4 Å². The third kappa shape index (κ3) is 4.28. The zero-order valence-corrected chi connectivity index (χ0v) is 17.5. The first-order chi connectivity index (χ1) is 14.5. The minimum Gasteiger partial charge on any atom is -0.488 e. The average molecular weight is 399 g/mol. The van der Waals surface area contributed by atoms with Crippen molar-refractivity contribution in [1.29, 1.82) is 0 Å². The maximum Gasteiger partial charge on any atom is 0.170 e. The molecular formula is C26H25NO3. The van der Waals surface area contributed by atoms with E-state index in [4.69, 9.17) is 9.26 Å². The average Bonchev–Trinajstić information content (AvgIpc) is 3.20. The van der Waals surface area contributed by atoms with Crippen molar-refractivity contribution in [3.8, 4) is 5.75 Å². The molecule has 0 aliphatic rings. The summed E-state index contributed by atoms with van der Waals surface area (Å²) in [5.41, 5.74) is 5.65. The number of aryl methyl sites for hydroxylation is 1. The predicted octanol–water partition coefficient (Wildman–Crippen LogP) is 6.26. The van der Waals surface area contributed by atoms with Gasteiger partial charge in [0.25, 0.3) is 0 Å². The van der Waals surface area contributed by atoms with Gasteiger partial charge >= 0.3 is 0 Å². The van der Waals surface area contributed by atoms with E-state index in [0.29, 0.717) is 30.3 Å². The molecule has 0 amide bonds. The maximum atomic E-state index is 13.3. The van der Waals surface area contributed by atoms with Gasteiger partial charge < -0.3 is 9.26 Å². The molecule has 0 atom stereocenters. The molecular weight excluding hydrogens is 374 g/mol. The Hall–Kier alpha value is -3.40. The molecule has 30 heavy (non-hydrogen) atoms. The van der Waals surface area contributed by atoms with E-state index in [2.05, 4.69) is 25.9 Å². The maximum absolute atomic E-state index is 13.3. The Balaban J connectivity index is 1.64. The van der Waals surface area contributed by atoms with E-state index in [0.717, 1.165) is 27.7 Å². The standard InChI is InChI=1S/C26H25NO3/c1-17(2)22-14-23(24(28)13-20-9-10-25-21(12-20)15-27-30-25)26(11-18(22)3)29-16-19-7-5-4-6-8-19/h4-12,14-15,17H,13,16H2,1-3H3. The number of carbonyl (C=O) groups is 1. The van der Waals surface area contributed by atoms with Crippen LogP contribution in [-0.2, 0) is 13.0 Å². The largest absolute Gasteiger partial charge is 0.488 e. The summed E-state index contributed by atoms with van der Waals surface area (Å²) in [6.07, 6.45) is 1.96. The van der Waals surface area contributed by atoms with Crippen molar-refractivity contribution < 1.29 is 14.1 Å². The van der Waals surface area contributed by atoms with Crippen LogP contribution in [-0.4, -0.2) is 10.9 Å². The molecule has 0 aliphatic carbocycles. The second-order valence-electron chi connectivity index (χ2n) is 7.93. The van der Waals surface area contributed by atoms with Crippen LogP contribution in [0.15, 0.2) is 71.4 Å². The van der Waals surface area contributed by atoms with Gasteiger partial charge in [-0.3, -0.25) is 4.79 Å². The monoisotopic (exact) mass is 399 g/mol. The molecule has 4 rings (SSSR count). The number of benzene rings is 3. The number of ether oxygens (including phenoxy) is 1. The van der Waals surface area contributed by atoms with Crippen LogP contribution >= 0.6 is 0 Å². The highest BCUT2D eigenvalue weighted by Crippen LogP contribution is 2.30. The summed E-state index contributed by atoms with van der Waals surface area (Å²) < 4.78 is 11.3. The predicted molar refractivity (Wildman–Crippen MR) is 118 cm³/mol. The third-order valence-corrected chi connectivity index (χ3v) is 5.31. The summed E-state index contributed by atoms with van der Waals surface area (Å²) in [6, 6.07) is 19.7. The number of hydrogen-bond donors (Lipinski definition) is 0. The Morgan fingerprint density at radius 1 is 1.03 bits per heavy atom. The smallest absolute Gasteiger partial charge is 0.170 e. The molecule has 4 nitrogen and oxygen atoms in total. The fraction of sp³-hybridized carbons (Fsp3) is 0.231. The van der Waals surface area contributed by atoms with Crippen LogP contribution in [0.1, 0.15) is 52.4 Å². The summed E-state index contributed by atoms with van der Waals surface area (Å²) in [7, 11) is 0. The highest BCUT2D eigenvalue weighted by molar-refractivity contribution is 6.00. The number of carbonyl (C=O) groups excluding carboxylic acids is 1. The van der Waals surface area contributed by atoms with Crippen LogP contribution in [0.25, 0.3) is 11.0 Å². The van der Waals surface area contributed by atoms with Gasteiger partial charge in [-0.2, -0.15) is 0 Å². The summed E-state index contributed by atoms with van der Waals surface area (Å²) in [4.78, 5) is 13.3. The Kier molecular flexibility index (Phi) is 5.66. The third-order valence-electron chi connectivity index (χ3n) is 5.31. The van der Waals surface area contributed by atoms with Gasteiger partial charge in [0.15, 0.2) is 11.4 Å². The fourth-order valence-corrected chi connectivity index (χ4v) is 3.71. The molecule has 0 saturated heterocycles. The number of nitrogens with zero attached hydrogens (tertiary/aromatic N) is 1. The second kappa shape index (κ2) is 8.54. The van der Waals surface area contributed by atoms with Crippen molar-refractivity contribution in [3.05, 3.63) is 94.7 Å². The number of rotatable bonds is 7. The molecule has 152 valence electrons. The Labute approximate surface area is 176 Å². The number of Topliss-reactive ketones (excluding diaryl/α,β-unsaturated/α-hetero) is 1. The van der Waals surface area contributed by atoms with Crippen molar-refractivity contribution in [1.82, 2.24) is 5.16 Å². The molecule has 3 aromatic carbocycles. The van der Waals surface area contributed by atoms with Crippen molar-refractivity contribution in [2.75, 3.05) is 0 Å². The van der Waals surface area contributed by atoms with Crippen molar-refractivity contribution in [2.45, 2.75) is 39.7 Å². The van der Waals surface area contributed by atoms with Gasteiger partial charge in [-0.05, 0) is 59.4 Å². The molecule has 0 spiro atoms. The molecule has 0 bridgehead atoms. The lowest BCUT2D eigenvalue weighted by atomic mass is 9.92. The topological polar surface area (TPSA) is 52.3 Å². The van der Waals surface area contributed by atoms with Gasteiger partial charge in [0, 0.05) is 11.8 Å².